The summed E-state index contributed by atoms with van der Waals surface area (Å²) in [5, 5.41) is 5.94. The van der Waals surface area contributed by atoms with E-state index in [9.17, 15) is 14.4 Å². The van der Waals surface area contributed by atoms with Gasteiger partial charge in [0.25, 0.3) is 0 Å². The zero-order valence-corrected chi connectivity index (χ0v) is 16.7. The maximum Gasteiger partial charge on any atom is 0.355 e. The van der Waals surface area contributed by atoms with E-state index < -0.39 is 17.4 Å². The molecule has 1 heterocycles. The minimum atomic E-state index is -1.74. The van der Waals surface area contributed by atoms with Crippen molar-refractivity contribution in [1.82, 2.24) is 0 Å². The number of anilines is 1. The van der Waals surface area contributed by atoms with E-state index in [1.54, 1.807) is 72.8 Å². The molecule has 0 bridgehead atoms. The highest BCUT2D eigenvalue weighted by Gasteiger charge is 2.67. The Morgan fingerprint density at radius 1 is 0.839 bits per heavy atom. The van der Waals surface area contributed by atoms with Crippen LogP contribution in [0.25, 0.3) is 0 Å². The number of benzene rings is 3. The number of ketones is 2. The van der Waals surface area contributed by atoms with Crippen molar-refractivity contribution in [3.63, 3.8) is 0 Å². The van der Waals surface area contributed by atoms with E-state index in [1.165, 1.54) is 12.1 Å². The van der Waals surface area contributed by atoms with Gasteiger partial charge in [-0.25, -0.2) is 9.80 Å². The fraction of sp³-hybridized carbons (Fsp3) is 0.120. The largest absolute Gasteiger partial charge is 0.464 e. The summed E-state index contributed by atoms with van der Waals surface area (Å²) in [5.74, 6) is -2.36. The van der Waals surface area contributed by atoms with Crippen LogP contribution in [0.4, 0.5) is 5.69 Å². The summed E-state index contributed by atoms with van der Waals surface area (Å²) < 4.78 is 5.00. The first-order chi connectivity index (χ1) is 15.1. The molecule has 3 aromatic carbocycles. The van der Waals surface area contributed by atoms with Crippen molar-refractivity contribution in [1.29, 1.82) is 0 Å². The Hall–Kier alpha value is -4.06. The maximum atomic E-state index is 14.0. The third-order valence-corrected chi connectivity index (χ3v) is 5.87. The summed E-state index contributed by atoms with van der Waals surface area (Å²) in [6, 6.07) is 24.7. The molecule has 6 nitrogen and oxygen atoms in total. The molecular weight excluding hydrogens is 392 g/mol. The molecule has 1 unspecified atom stereocenters. The molecular formula is C25H18N2O4. The van der Waals surface area contributed by atoms with Crippen LogP contribution in [0, 0.1) is 0 Å². The van der Waals surface area contributed by atoms with Crippen molar-refractivity contribution in [2.45, 2.75) is 11.5 Å². The van der Waals surface area contributed by atoms with E-state index in [4.69, 9.17) is 4.74 Å². The molecule has 0 saturated carbocycles. The van der Waals surface area contributed by atoms with Crippen molar-refractivity contribution < 1.29 is 19.1 Å². The number of hydrazone groups is 1. The summed E-state index contributed by atoms with van der Waals surface area (Å²) in [6.07, 6.45) is 0. The second-order valence-corrected chi connectivity index (χ2v) is 7.44. The first-order valence-electron chi connectivity index (χ1n) is 9.86. The SMILES string of the molecule is COC(=O)C1=NN(c2ccccc2)C2(C(=O)c3ccccc3C2=O)C1c1ccccc1. The molecule has 0 radical (unpaired) electrons. The predicted molar refractivity (Wildman–Crippen MR) is 115 cm³/mol. The van der Waals surface area contributed by atoms with Gasteiger partial charge in [-0.05, 0) is 17.7 Å². The number of carbonyl (C=O) groups is 3. The van der Waals surface area contributed by atoms with Crippen molar-refractivity contribution in [2.75, 3.05) is 12.1 Å². The molecule has 1 aliphatic heterocycles. The molecule has 0 amide bonds. The molecule has 0 N–H and O–H groups in total. The number of esters is 1. The van der Waals surface area contributed by atoms with Crippen LogP contribution in [-0.2, 0) is 9.53 Å². The number of hydrogen-bond acceptors (Lipinski definition) is 6. The summed E-state index contributed by atoms with van der Waals surface area (Å²) in [7, 11) is 1.26. The first-order valence-corrected chi connectivity index (χ1v) is 9.86. The zero-order valence-electron chi connectivity index (χ0n) is 16.7. The summed E-state index contributed by atoms with van der Waals surface area (Å²) in [4.78, 5) is 40.7. The number of fused-ring (bicyclic) bond motifs is 1. The van der Waals surface area contributed by atoms with Crippen LogP contribution in [0.3, 0.4) is 0 Å². The number of para-hydroxylation sites is 1. The zero-order chi connectivity index (χ0) is 21.6. The van der Waals surface area contributed by atoms with Crippen LogP contribution in [0.5, 0.6) is 0 Å². The van der Waals surface area contributed by atoms with Gasteiger partial charge in [-0.15, -0.1) is 0 Å². The minimum Gasteiger partial charge on any atom is -0.464 e. The molecule has 6 heteroatoms. The highest BCUT2D eigenvalue weighted by Crippen LogP contribution is 2.50. The van der Waals surface area contributed by atoms with Gasteiger partial charge < -0.3 is 4.74 Å². The van der Waals surface area contributed by atoms with Crippen molar-refractivity contribution in [3.05, 3.63) is 102 Å². The number of Topliss-reactive ketones (excluding diaryl/α,β-unsaturated/α-hetero) is 2. The summed E-state index contributed by atoms with van der Waals surface area (Å²) in [6.45, 7) is 0. The molecule has 2 aliphatic rings. The van der Waals surface area contributed by atoms with Crippen LogP contribution in [0.1, 0.15) is 32.2 Å². The average Bonchev–Trinajstić information content (AvgIpc) is 3.30. The van der Waals surface area contributed by atoms with Crippen molar-refractivity contribution in [2.24, 2.45) is 5.10 Å². The van der Waals surface area contributed by atoms with Crippen molar-refractivity contribution in [3.8, 4) is 0 Å². The van der Waals surface area contributed by atoms with Gasteiger partial charge in [-0.3, -0.25) is 9.59 Å². The van der Waals surface area contributed by atoms with Crippen LogP contribution in [-0.4, -0.2) is 35.9 Å². The van der Waals surface area contributed by atoms with Crippen LogP contribution < -0.4 is 5.01 Å². The third kappa shape index (κ3) is 2.51. The lowest BCUT2D eigenvalue weighted by molar-refractivity contribution is -0.132. The molecule has 152 valence electrons. The third-order valence-electron chi connectivity index (χ3n) is 5.87. The Bertz CT molecular complexity index is 1200. The van der Waals surface area contributed by atoms with Crippen LogP contribution in [0.2, 0.25) is 0 Å². The normalized spacial score (nSPS) is 18.8. The molecule has 1 atom stereocenters. The van der Waals surface area contributed by atoms with Crippen LogP contribution in [0.15, 0.2) is 90.0 Å². The molecule has 31 heavy (non-hydrogen) atoms. The van der Waals surface area contributed by atoms with E-state index in [0.29, 0.717) is 22.4 Å². The average molecular weight is 410 g/mol. The van der Waals surface area contributed by atoms with Gasteiger partial charge in [0.2, 0.25) is 5.54 Å². The lowest BCUT2D eigenvalue weighted by atomic mass is 9.73. The minimum absolute atomic E-state index is 0.0204. The predicted octanol–water partition coefficient (Wildman–Crippen LogP) is 3.64. The fourth-order valence-corrected chi connectivity index (χ4v) is 4.55. The highest BCUT2D eigenvalue weighted by molar-refractivity contribution is 6.46. The molecule has 0 aromatic heterocycles. The summed E-state index contributed by atoms with van der Waals surface area (Å²) >= 11 is 0. The van der Waals surface area contributed by atoms with Gasteiger partial charge in [0, 0.05) is 11.1 Å². The number of carbonyl (C=O) groups excluding carboxylic acids is 3. The number of ether oxygens (including phenoxy) is 1. The van der Waals surface area contributed by atoms with E-state index in [-0.39, 0.29) is 17.3 Å². The number of nitrogens with zero attached hydrogens (tertiary/aromatic N) is 2. The fourth-order valence-electron chi connectivity index (χ4n) is 4.55. The topological polar surface area (TPSA) is 76.0 Å². The Morgan fingerprint density at radius 3 is 1.90 bits per heavy atom. The molecule has 1 aliphatic carbocycles. The molecule has 0 saturated heterocycles. The summed E-state index contributed by atoms with van der Waals surface area (Å²) in [5.41, 5.74) is 0.116. The van der Waals surface area contributed by atoms with Gasteiger partial charge >= 0.3 is 5.97 Å². The van der Waals surface area contributed by atoms with Gasteiger partial charge in [-0.2, -0.15) is 5.10 Å². The van der Waals surface area contributed by atoms with E-state index in [2.05, 4.69) is 5.10 Å². The lowest BCUT2D eigenvalue weighted by Crippen LogP contribution is -2.57. The van der Waals surface area contributed by atoms with Gasteiger partial charge in [0.1, 0.15) is 0 Å². The second-order valence-electron chi connectivity index (χ2n) is 7.44. The van der Waals surface area contributed by atoms with Crippen molar-refractivity contribution >= 4 is 28.9 Å². The first kappa shape index (κ1) is 18.9. The van der Waals surface area contributed by atoms with E-state index in [0.717, 1.165) is 0 Å². The maximum absolute atomic E-state index is 14.0. The standard InChI is InChI=1S/C25H18N2O4/c1-31-24(30)21-20(16-10-4-2-5-11-16)25(27(26-21)17-12-6-3-7-13-17)22(28)18-14-8-9-15-19(18)23(25)29/h2-15,20H,1H3. The second kappa shape index (κ2) is 7.02. The monoisotopic (exact) mass is 410 g/mol. The Morgan fingerprint density at radius 2 is 1.35 bits per heavy atom. The smallest absolute Gasteiger partial charge is 0.355 e. The highest BCUT2D eigenvalue weighted by atomic mass is 16.5. The molecule has 5 rings (SSSR count). The molecule has 1 spiro atoms. The quantitative estimate of drug-likeness (QED) is 0.487. The van der Waals surface area contributed by atoms with E-state index >= 15 is 0 Å². The lowest BCUT2D eigenvalue weighted by Gasteiger charge is -2.35. The van der Waals surface area contributed by atoms with Gasteiger partial charge in [0.15, 0.2) is 17.3 Å². The van der Waals surface area contributed by atoms with Gasteiger partial charge in [-0.1, -0.05) is 72.8 Å². The van der Waals surface area contributed by atoms with E-state index in [1.807, 2.05) is 12.1 Å². The Labute approximate surface area is 178 Å². The Balaban J connectivity index is 1.83. The molecule has 3 aromatic rings. The number of methoxy groups -OCH3 is 1. The Kier molecular flexibility index (Phi) is 4.29. The number of rotatable bonds is 3. The molecule has 0 fully saturated rings. The van der Waals surface area contributed by atoms with Crippen LogP contribution >= 0.6 is 0 Å². The van der Waals surface area contributed by atoms with Gasteiger partial charge in [0.05, 0.1) is 18.7 Å². The number of hydrogen-bond donors (Lipinski definition) is 0.